The van der Waals surface area contributed by atoms with Crippen LogP contribution in [-0.4, -0.2) is 66.2 Å². The molecule has 7 nitrogen and oxygen atoms in total. The van der Waals surface area contributed by atoms with Crippen LogP contribution in [0.25, 0.3) is 0 Å². The van der Waals surface area contributed by atoms with Crippen LogP contribution >= 0.6 is 0 Å². The zero-order valence-corrected chi connectivity index (χ0v) is 15.1. The summed E-state index contributed by atoms with van der Waals surface area (Å²) in [7, 11) is 1.85. The van der Waals surface area contributed by atoms with E-state index in [2.05, 4.69) is 10.2 Å². The molecular formula is C19H25N3O4. The van der Waals surface area contributed by atoms with Crippen LogP contribution in [0, 0.1) is 0 Å². The van der Waals surface area contributed by atoms with Crippen molar-refractivity contribution in [2.45, 2.75) is 50.6 Å². The topological polar surface area (TPSA) is 82.9 Å². The van der Waals surface area contributed by atoms with Gasteiger partial charge in [0.05, 0.1) is 17.2 Å². The minimum atomic E-state index is -0.222. The number of hydrogen-bond donors (Lipinski definition) is 1. The number of furan rings is 1. The van der Waals surface area contributed by atoms with Gasteiger partial charge in [-0.15, -0.1) is 0 Å². The molecule has 0 spiro atoms. The number of aryl methyl sites for hydroxylation is 1. The molecule has 1 atom stereocenters. The van der Waals surface area contributed by atoms with E-state index in [1.54, 1.807) is 4.90 Å². The number of hydrogen-bond acceptors (Lipinski definition) is 5. The Kier molecular flexibility index (Phi) is 4.56. The number of carbonyl (C=O) groups excluding carboxylic acids is 3. The summed E-state index contributed by atoms with van der Waals surface area (Å²) >= 11 is 0. The normalized spacial score (nSPS) is 24.8. The maximum absolute atomic E-state index is 12.6. The van der Waals surface area contributed by atoms with Crippen LogP contribution in [0.1, 0.15) is 58.6 Å². The van der Waals surface area contributed by atoms with Gasteiger partial charge in [-0.05, 0) is 25.7 Å². The predicted octanol–water partition coefficient (Wildman–Crippen LogP) is 1.22. The van der Waals surface area contributed by atoms with Gasteiger partial charge in [0.15, 0.2) is 5.78 Å². The number of nitrogens with one attached hydrogen (secondary N) is 1. The smallest absolute Gasteiger partial charge is 0.255 e. The Labute approximate surface area is 152 Å². The van der Waals surface area contributed by atoms with Crippen LogP contribution in [0.3, 0.4) is 0 Å². The minimum Gasteiger partial charge on any atom is -0.468 e. The lowest BCUT2D eigenvalue weighted by Gasteiger charge is -2.35. The van der Waals surface area contributed by atoms with Crippen molar-refractivity contribution in [3.63, 3.8) is 0 Å². The van der Waals surface area contributed by atoms with E-state index in [1.807, 2.05) is 7.05 Å². The highest BCUT2D eigenvalue weighted by Gasteiger charge is 2.36. The lowest BCUT2D eigenvalue weighted by Crippen LogP contribution is -2.50. The van der Waals surface area contributed by atoms with Crippen molar-refractivity contribution in [1.29, 1.82) is 0 Å². The van der Waals surface area contributed by atoms with Gasteiger partial charge in [-0.1, -0.05) is 0 Å². The quantitative estimate of drug-likeness (QED) is 0.877. The second-order valence-electron chi connectivity index (χ2n) is 7.57. The number of piperidine rings is 1. The molecule has 2 aliphatic heterocycles. The highest BCUT2D eigenvalue weighted by Crippen LogP contribution is 2.27. The molecule has 0 bridgehead atoms. The number of nitrogens with zero attached hydrogens (tertiary/aromatic N) is 2. The Balaban J connectivity index is 1.35. The van der Waals surface area contributed by atoms with Gasteiger partial charge < -0.3 is 14.6 Å². The lowest BCUT2D eigenvalue weighted by molar-refractivity contribution is -0.131. The van der Waals surface area contributed by atoms with Crippen molar-refractivity contribution in [3.8, 4) is 0 Å². The zero-order chi connectivity index (χ0) is 18.3. The first-order chi connectivity index (χ1) is 12.5. The fraction of sp³-hybridized carbons (Fsp3) is 0.632. The maximum Gasteiger partial charge on any atom is 0.255 e. The fourth-order valence-corrected chi connectivity index (χ4v) is 4.35. The molecule has 3 heterocycles. The summed E-state index contributed by atoms with van der Waals surface area (Å²) in [6, 6.07) is 0.0624. The molecule has 140 valence electrons. The molecule has 0 saturated carbocycles. The number of likely N-dealkylation sites (N-methyl/N-ethyl adjacent to an activating group) is 1. The van der Waals surface area contributed by atoms with Gasteiger partial charge in [-0.25, -0.2) is 0 Å². The average molecular weight is 359 g/mol. The van der Waals surface area contributed by atoms with Crippen LogP contribution < -0.4 is 5.32 Å². The van der Waals surface area contributed by atoms with Gasteiger partial charge in [-0.3, -0.25) is 19.3 Å². The first-order valence-electron chi connectivity index (χ1n) is 9.48. The Hall–Kier alpha value is -2.15. The molecule has 4 rings (SSSR count). The Morgan fingerprint density at radius 2 is 1.92 bits per heavy atom. The van der Waals surface area contributed by atoms with E-state index in [4.69, 9.17) is 4.42 Å². The molecule has 1 aromatic rings. The van der Waals surface area contributed by atoms with Crippen LogP contribution in [0.15, 0.2) is 10.7 Å². The molecule has 2 amide bonds. The highest BCUT2D eigenvalue weighted by molar-refractivity contribution is 6.09. The van der Waals surface area contributed by atoms with Crippen molar-refractivity contribution in [1.82, 2.24) is 15.1 Å². The van der Waals surface area contributed by atoms with Gasteiger partial charge in [0.25, 0.3) is 5.91 Å². The van der Waals surface area contributed by atoms with Crippen molar-refractivity contribution >= 4 is 17.6 Å². The highest BCUT2D eigenvalue weighted by atomic mass is 16.3. The van der Waals surface area contributed by atoms with Crippen LogP contribution in [0.5, 0.6) is 0 Å². The number of Topliss-reactive ketones (excluding diaryl/α,β-unsaturated/α-hetero) is 1. The lowest BCUT2D eigenvalue weighted by atomic mass is 9.93. The molecule has 26 heavy (non-hydrogen) atoms. The third kappa shape index (κ3) is 3.05. The summed E-state index contributed by atoms with van der Waals surface area (Å²) in [4.78, 5) is 40.9. The average Bonchev–Trinajstić information content (AvgIpc) is 3.21. The first kappa shape index (κ1) is 17.3. The number of rotatable bonds is 3. The minimum absolute atomic E-state index is 0.00355. The molecule has 0 aromatic carbocycles. The second kappa shape index (κ2) is 6.87. The van der Waals surface area contributed by atoms with Gasteiger partial charge in [0.1, 0.15) is 12.0 Å². The standard InChI is InChI=1S/C19H25N3O4/c1-21-8-7-14(19(21)25)22-9-5-12(6-10-22)20-18(24)13-11-26-16-4-2-3-15(23)17(13)16/h11-12,14H,2-10H2,1H3,(H,20,24)/t14-/m0/s1. The summed E-state index contributed by atoms with van der Waals surface area (Å²) in [6.07, 6.45) is 5.92. The van der Waals surface area contributed by atoms with Gasteiger partial charge in [0, 0.05) is 45.6 Å². The Bertz CT molecular complexity index is 733. The van der Waals surface area contributed by atoms with E-state index in [0.29, 0.717) is 23.3 Å². The number of carbonyl (C=O) groups is 3. The van der Waals surface area contributed by atoms with E-state index in [0.717, 1.165) is 51.7 Å². The maximum atomic E-state index is 12.6. The SMILES string of the molecule is CN1CC[C@H](N2CCC(NC(=O)c3coc4c3C(=O)CCC4)CC2)C1=O. The summed E-state index contributed by atoms with van der Waals surface area (Å²) in [5.74, 6) is 0.630. The predicted molar refractivity (Wildman–Crippen MR) is 94.1 cm³/mol. The summed E-state index contributed by atoms with van der Waals surface area (Å²) < 4.78 is 5.44. The van der Waals surface area contributed by atoms with E-state index in [-0.39, 0.29) is 29.7 Å². The van der Waals surface area contributed by atoms with Gasteiger partial charge in [-0.2, -0.15) is 0 Å². The van der Waals surface area contributed by atoms with E-state index in [9.17, 15) is 14.4 Å². The second-order valence-corrected chi connectivity index (χ2v) is 7.57. The van der Waals surface area contributed by atoms with Gasteiger partial charge >= 0.3 is 0 Å². The zero-order valence-electron chi connectivity index (χ0n) is 15.1. The van der Waals surface area contributed by atoms with Gasteiger partial charge in [0.2, 0.25) is 5.91 Å². The van der Waals surface area contributed by atoms with Crippen molar-refractivity contribution < 1.29 is 18.8 Å². The molecule has 0 radical (unpaired) electrons. The Morgan fingerprint density at radius 1 is 1.15 bits per heavy atom. The Morgan fingerprint density at radius 3 is 2.62 bits per heavy atom. The number of fused-ring (bicyclic) bond motifs is 1. The van der Waals surface area contributed by atoms with E-state index < -0.39 is 0 Å². The molecule has 1 N–H and O–H groups in total. The molecule has 0 unspecified atom stereocenters. The van der Waals surface area contributed by atoms with Crippen molar-refractivity contribution in [3.05, 3.63) is 23.2 Å². The fourth-order valence-electron chi connectivity index (χ4n) is 4.35. The molecule has 1 aliphatic carbocycles. The third-order valence-corrected chi connectivity index (χ3v) is 5.90. The summed E-state index contributed by atoms with van der Waals surface area (Å²) in [6.45, 7) is 2.43. The summed E-state index contributed by atoms with van der Waals surface area (Å²) in [5.41, 5.74) is 0.852. The van der Waals surface area contributed by atoms with E-state index in [1.165, 1.54) is 6.26 Å². The molecule has 3 aliphatic rings. The molecule has 2 saturated heterocycles. The molecule has 2 fully saturated rings. The molecular weight excluding hydrogens is 334 g/mol. The monoisotopic (exact) mass is 359 g/mol. The summed E-state index contributed by atoms with van der Waals surface area (Å²) in [5, 5.41) is 3.05. The van der Waals surface area contributed by atoms with Crippen LogP contribution in [-0.2, 0) is 11.2 Å². The van der Waals surface area contributed by atoms with Crippen LogP contribution in [0.2, 0.25) is 0 Å². The number of amides is 2. The first-order valence-corrected chi connectivity index (χ1v) is 9.48. The molecule has 7 heteroatoms. The largest absolute Gasteiger partial charge is 0.468 e. The van der Waals surface area contributed by atoms with Crippen LogP contribution in [0.4, 0.5) is 0 Å². The van der Waals surface area contributed by atoms with E-state index >= 15 is 0 Å². The third-order valence-electron chi connectivity index (χ3n) is 5.90. The van der Waals surface area contributed by atoms with Crippen molar-refractivity contribution in [2.75, 3.05) is 26.7 Å². The van der Waals surface area contributed by atoms with Crippen molar-refractivity contribution in [2.24, 2.45) is 0 Å². The number of likely N-dealkylation sites (tertiary alicyclic amines) is 2. The molecule has 1 aromatic heterocycles. The number of ketones is 1.